The van der Waals surface area contributed by atoms with Crippen LogP contribution in [0.3, 0.4) is 0 Å². The van der Waals surface area contributed by atoms with Crippen LogP contribution in [0.15, 0.2) is 41.3 Å². The fourth-order valence-corrected chi connectivity index (χ4v) is 3.81. The molecule has 1 aromatic heterocycles. The van der Waals surface area contributed by atoms with Crippen LogP contribution in [0.4, 0.5) is 0 Å². The van der Waals surface area contributed by atoms with Gasteiger partial charge in [0.15, 0.2) is 11.6 Å². The third-order valence-electron chi connectivity index (χ3n) is 5.38. The van der Waals surface area contributed by atoms with E-state index in [4.69, 9.17) is 11.5 Å². The molecule has 0 saturated heterocycles. The fourth-order valence-electron chi connectivity index (χ4n) is 3.81. The highest BCUT2D eigenvalue weighted by Gasteiger charge is 2.44. The van der Waals surface area contributed by atoms with Crippen LogP contribution in [-0.4, -0.2) is 28.1 Å². The summed E-state index contributed by atoms with van der Waals surface area (Å²) in [7, 11) is 0. The predicted octanol–water partition coefficient (Wildman–Crippen LogP) is 1.06. The summed E-state index contributed by atoms with van der Waals surface area (Å²) in [6.45, 7) is 1.06. The van der Waals surface area contributed by atoms with Crippen LogP contribution in [0.1, 0.15) is 37.8 Å². The summed E-state index contributed by atoms with van der Waals surface area (Å²) in [5.74, 6) is 1.30. The normalized spacial score (nSPS) is 29.6. The van der Waals surface area contributed by atoms with Crippen molar-refractivity contribution in [2.45, 2.75) is 44.3 Å². The van der Waals surface area contributed by atoms with Gasteiger partial charge in [0.2, 0.25) is 0 Å². The molecule has 6 N–H and O–H groups in total. The van der Waals surface area contributed by atoms with Gasteiger partial charge in [0.1, 0.15) is 0 Å². The number of guanidine groups is 1. The lowest BCUT2D eigenvalue weighted by atomic mass is 9.77. The molecule has 0 amide bonds. The molecule has 1 saturated carbocycles. The second-order valence-corrected chi connectivity index (χ2v) is 7.34. The van der Waals surface area contributed by atoms with E-state index in [9.17, 15) is 10.1 Å². The lowest BCUT2D eigenvalue weighted by Gasteiger charge is -2.37. The van der Waals surface area contributed by atoms with Crippen molar-refractivity contribution in [1.29, 1.82) is 0 Å². The fraction of sp³-hybridized carbons (Fsp3) is 0.556. The first-order chi connectivity index (χ1) is 13.0. The highest BCUT2D eigenvalue weighted by molar-refractivity contribution is 5.83. The van der Waals surface area contributed by atoms with Crippen molar-refractivity contribution in [1.82, 2.24) is 15.6 Å². The van der Waals surface area contributed by atoms with E-state index in [2.05, 4.69) is 20.6 Å². The number of nitrogens with two attached hydrogens (primary N) is 2. The van der Waals surface area contributed by atoms with Crippen LogP contribution in [0.5, 0.6) is 0 Å². The maximum absolute atomic E-state index is 11.5. The van der Waals surface area contributed by atoms with E-state index >= 15 is 0 Å². The van der Waals surface area contributed by atoms with Gasteiger partial charge < -0.3 is 16.4 Å². The van der Waals surface area contributed by atoms with Crippen molar-refractivity contribution in [3.63, 3.8) is 0 Å². The minimum atomic E-state index is -1.25. The number of nitrogens with zero attached hydrogens (tertiary/aromatic N) is 3. The molecule has 9 nitrogen and oxygen atoms in total. The van der Waals surface area contributed by atoms with Crippen LogP contribution in [-0.2, 0) is 6.54 Å². The van der Waals surface area contributed by atoms with Crippen molar-refractivity contribution in [2.75, 3.05) is 6.54 Å². The molecule has 1 fully saturated rings. The summed E-state index contributed by atoms with van der Waals surface area (Å²) in [5, 5.41) is 17.4. The number of nitro groups is 1. The third kappa shape index (κ3) is 4.81. The van der Waals surface area contributed by atoms with Crippen molar-refractivity contribution >= 4 is 5.96 Å². The number of aliphatic imine (C=N–C) groups is 1. The van der Waals surface area contributed by atoms with E-state index in [1.165, 1.54) is 6.20 Å². The maximum Gasteiger partial charge on any atom is 0.301 e. The molecule has 146 valence electrons. The first kappa shape index (κ1) is 19.2. The van der Waals surface area contributed by atoms with Gasteiger partial charge in [-0.15, -0.1) is 0 Å². The van der Waals surface area contributed by atoms with Crippen molar-refractivity contribution < 1.29 is 4.92 Å². The van der Waals surface area contributed by atoms with E-state index in [-0.39, 0.29) is 5.70 Å². The third-order valence-corrected chi connectivity index (χ3v) is 5.38. The molecule has 0 aromatic carbocycles. The number of hydrogen-bond acceptors (Lipinski definition) is 6. The molecule has 0 spiro atoms. The molecule has 9 heteroatoms. The maximum atomic E-state index is 11.5. The van der Waals surface area contributed by atoms with E-state index in [0.29, 0.717) is 37.3 Å². The molecule has 1 unspecified atom stereocenters. The zero-order valence-corrected chi connectivity index (χ0v) is 15.3. The summed E-state index contributed by atoms with van der Waals surface area (Å²) in [5.41, 5.74) is 11.7. The number of rotatable bonds is 6. The standard InChI is InChI=1S/C18H27N7O2/c19-10-14-6-4-13(5-7-14)9-18(20)16(25(26)27)12-23-17(24-18)22-11-15-3-1-2-8-21-15/h1-3,8,12-14H,4-7,9-11,19-20H2,(H2,22,23,24). The highest BCUT2D eigenvalue weighted by atomic mass is 16.6. The summed E-state index contributed by atoms with van der Waals surface area (Å²) in [4.78, 5) is 19.7. The molecule has 1 aliphatic heterocycles. The van der Waals surface area contributed by atoms with Crippen LogP contribution >= 0.6 is 0 Å². The van der Waals surface area contributed by atoms with E-state index in [1.54, 1.807) is 6.20 Å². The topological polar surface area (TPSA) is 144 Å². The van der Waals surface area contributed by atoms with Crippen LogP contribution in [0.25, 0.3) is 0 Å². The van der Waals surface area contributed by atoms with Gasteiger partial charge in [0, 0.05) is 6.20 Å². The lowest BCUT2D eigenvalue weighted by molar-refractivity contribution is -0.437. The van der Waals surface area contributed by atoms with Gasteiger partial charge in [-0.05, 0) is 62.6 Å². The zero-order chi connectivity index (χ0) is 19.3. The Balaban J connectivity index is 1.71. The second-order valence-electron chi connectivity index (χ2n) is 7.34. The summed E-state index contributed by atoms with van der Waals surface area (Å²) < 4.78 is 0. The SMILES string of the molecule is NCC1CCC(CC2(N)NC(=NCc3ccccn3)NC=C2[N+](=O)[O-])CC1. The van der Waals surface area contributed by atoms with Crippen molar-refractivity contribution in [3.8, 4) is 0 Å². The Morgan fingerprint density at radius 2 is 2.04 bits per heavy atom. The first-order valence-electron chi connectivity index (χ1n) is 9.33. The number of pyridine rings is 1. The molecule has 2 aliphatic rings. The van der Waals surface area contributed by atoms with Crippen molar-refractivity contribution in [2.24, 2.45) is 28.3 Å². The van der Waals surface area contributed by atoms with E-state index in [0.717, 1.165) is 31.4 Å². The van der Waals surface area contributed by atoms with Crippen LogP contribution in [0.2, 0.25) is 0 Å². The Kier molecular flexibility index (Phi) is 6.02. The van der Waals surface area contributed by atoms with Crippen LogP contribution < -0.4 is 22.1 Å². The molecule has 1 aromatic rings. The number of aromatic nitrogens is 1. The van der Waals surface area contributed by atoms with Gasteiger partial charge >= 0.3 is 5.70 Å². The summed E-state index contributed by atoms with van der Waals surface area (Å²) in [6, 6.07) is 5.60. The molecule has 2 heterocycles. The average Bonchev–Trinajstić information content (AvgIpc) is 2.67. The Labute approximate surface area is 158 Å². The number of hydrogen-bond donors (Lipinski definition) is 4. The average molecular weight is 373 g/mol. The van der Waals surface area contributed by atoms with E-state index in [1.807, 2.05) is 18.2 Å². The lowest BCUT2D eigenvalue weighted by Crippen LogP contribution is -2.64. The Morgan fingerprint density at radius 1 is 1.30 bits per heavy atom. The van der Waals surface area contributed by atoms with Gasteiger partial charge in [-0.1, -0.05) is 6.07 Å². The monoisotopic (exact) mass is 373 g/mol. The molecular formula is C18H27N7O2. The highest BCUT2D eigenvalue weighted by Crippen LogP contribution is 2.34. The predicted molar refractivity (Wildman–Crippen MR) is 103 cm³/mol. The van der Waals surface area contributed by atoms with Gasteiger partial charge in [0.05, 0.1) is 23.4 Å². The van der Waals surface area contributed by atoms with Gasteiger partial charge in [0.25, 0.3) is 0 Å². The molecule has 27 heavy (non-hydrogen) atoms. The first-order valence-corrected chi connectivity index (χ1v) is 9.33. The Hall–Kier alpha value is -2.52. The molecule has 1 aliphatic carbocycles. The van der Waals surface area contributed by atoms with Gasteiger partial charge in [-0.2, -0.15) is 0 Å². The molecule has 0 radical (unpaired) electrons. The summed E-state index contributed by atoms with van der Waals surface area (Å²) in [6.07, 6.45) is 7.61. The Morgan fingerprint density at radius 3 is 2.67 bits per heavy atom. The Bertz CT molecular complexity index is 714. The molecular weight excluding hydrogens is 346 g/mol. The van der Waals surface area contributed by atoms with E-state index < -0.39 is 10.6 Å². The quantitative estimate of drug-likeness (QED) is 0.431. The summed E-state index contributed by atoms with van der Waals surface area (Å²) >= 11 is 0. The largest absolute Gasteiger partial charge is 0.330 e. The number of nitrogens with one attached hydrogen (secondary N) is 2. The van der Waals surface area contributed by atoms with Gasteiger partial charge in [-0.3, -0.25) is 20.8 Å². The molecule has 0 bridgehead atoms. The minimum Gasteiger partial charge on any atom is -0.330 e. The zero-order valence-electron chi connectivity index (χ0n) is 15.3. The molecule has 3 rings (SSSR count). The van der Waals surface area contributed by atoms with Gasteiger partial charge in [-0.25, -0.2) is 4.99 Å². The van der Waals surface area contributed by atoms with Crippen LogP contribution in [0, 0.1) is 22.0 Å². The second kappa shape index (κ2) is 8.45. The molecule has 1 atom stereocenters. The minimum absolute atomic E-state index is 0.0692. The smallest absolute Gasteiger partial charge is 0.301 e. The van der Waals surface area contributed by atoms with Crippen molar-refractivity contribution in [3.05, 3.63) is 52.1 Å².